The van der Waals surface area contributed by atoms with Crippen molar-refractivity contribution >= 4 is 16.7 Å². The number of nitrogens with one attached hydrogen (secondary N) is 1. The van der Waals surface area contributed by atoms with Crippen LogP contribution in [0.2, 0.25) is 0 Å². The van der Waals surface area contributed by atoms with Crippen molar-refractivity contribution in [2.75, 3.05) is 20.6 Å². The molecule has 2 heterocycles. The highest BCUT2D eigenvalue weighted by molar-refractivity contribution is 6.16. The molecule has 0 aliphatic rings. The number of aromatic nitrogens is 2. The molecule has 0 amide bonds. The van der Waals surface area contributed by atoms with Crippen LogP contribution in [-0.4, -0.2) is 41.2 Å². The molecule has 2 aromatic rings. The maximum atomic E-state index is 6.08. The van der Waals surface area contributed by atoms with E-state index in [1.165, 1.54) is 5.56 Å². The van der Waals surface area contributed by atoms with Gasteiger partial charge >= 0.3 is 0 Å². The summed E-state index contributed by atoms with van der Waals surface area (Å²) < 4.78 is 0. The molecule has 0 fully saturated rings. The predicted octanol–water partition coefficient (Wildman–Crippen LogP) is 3.63. The van der Waals surface area contributed by atoms with E-state index in [0.717, 1.165) is 47.3 Å². The molecule has 134 valence electrons. The molecule has 2 aromatic heterocycles. The summed E-state index contributed by atoms with van der Waals surface area (Å²) in [5.74, 6) is 0.556. The number of nitrogens with two attached hydrogens (primary N) is 1. The predicted molar refractivity (Wildman–Crippen MR) is 107 cm³/mol. The van der Waals surface area contributed by atoms with E-state index in [1.54, 1.807) is 0 Å². The van der Waals surface area contributed by atoms with Gasteiger partial charge in [-0.05, 0) is 77.5 Å². The largest absolute Gasteiger partial charge is 0.384 e. The highest BCUT2D eigenvalue weighted by atomic mass is 15.0. The van der Waals surface area contributed by atoms with Crippen LogP contribution in [0, 0.1) is 0 Å². The lowest BCUT2D eigenvalue weighted by Gasteiger charge is -2.10. The van der Waals surface area contributed by atoms with Gasteiger partial charge in [0.25, 0.3) is 0 Å². The third-order valence-electron chi connectivity index (χ3n) is 4.06. The molecule has 0 saturated carbocycles. The van der Waals surface area contributed by atoms with Crippen LogP contribution in [-0.2, 0) is 6.42 Å². The van der Waals surface area contributed by atoms with Crippen LogP contribution in [0.4, 0.5) is 0 Å². The van der Waals surface area contributed by atoms with E-state index < -0.39 is 0 Å². The van der Waals surface area contributed by atoms with Crippen molar-refractivity contribution in [2.45, 2.75) is 33.6 Å². The lowest BCUT2D eigenvalue weighted by Crippen LogP contribution is -2.13. The molecule has 3 N–H and O–H groups in total. The average Bonchev–Trinajstić information content (AvgIpc) is 2.98. The Morgan fingerprint density at radius 3 is 2.76 bits per heavy atom. The Hall–Kier alpha value is -2.40. The normalized spacial score (nSPS) is 12.5. The Kier molecular flexibility index (Phi) is 6.53. The number of rotatable bonds is 7. The Bertz CT molecular complexity index is 805. The van der Waals surface area contributed by atoms with Gasteiger partial charge in [0.05, 0.1) is 5.71 Å². The minimum Gasteiger partial charge on any atom is -0.384 e. The Morgan fingerprint density at radius 2 is 2.12 bits per heavy atom. The minimum absolute atomic E-state index is 0.556. The SMILES string of the molecule is C/C=C\C(=N/C(N)=C(C)C)c1c[nH]c2nccc(CCCN(C)C)c12. The molecule has 0 saturated heterocycles. The summed E-state index contributed by atoms with van der Waals surface area (Å²) in [5.41, 5.74) is 11.2. The van der Waals surface area contributed by atoms with E-state index in [2.05, 4.69) is 40.0 Å². The summed E-state index contributed by atoms with van der Waals surface area (Å²) in [4.78, 5) is 14.6. The average molecular weight is 339 g/mol. The Balaban J connectivity index is 2.51. The highest BCUT2D eigenvalue weighted by Crippen LogP contribution is 2.24. The fraction of sp³-hybridized carbons (Fsp3) is 0.400. The standard InChI is InChI=1S/C20H29N5/c1-6-8-17(24-19(21)14(2)3)16-13-23-20-18(16)15(10-11-22-20)9-7-12-25(4)5/h6,8,10-11,13H,7,9,12,21H2,1-5H3,(H,22,23)/b8-6-,24-17+. The van der Waals surface area contributed by atoms with E-state index in [4.69, 9.17) is 5.73 Å². The molecule has 0 bridgehead atoms. The smallest absolute Gasteiger partial charge is 0.138 e. The molecule has 25 heavy (non-hydrogen) atoms. The van der Waals surface area contributed by atoms with Crippen LogP contribution < -0.4 is 5.73 Å². The third-order valence-corrected chi connectivity index (χ3v) is 4.06. The van der Waals surface area contributed by atoms with Gasteiger partial charge in [-0.15, -0.1) is 0 Å². The molecule has 0 unspecified atom stereocenters. The van der Waals surface area contributed by atoms with E-state index in [0.29, 0.717) is 5.82 Å². The van der Waals surface area contributed by atoms with Gasteiger partial charge in [0.1, 0.15) is 11.5 Å². The molecule has 5 nitrogen and oxygen atoms in total. The zero-order valence-electron chi connectivity index (χ0n) is 15.9. The second-order valence-corrected chi connectivity index (χ2v) is 6.69. The molecule has 0 aliphatic heterocycles. The molecule has 0 radical (unpaired) electrons. The van der Waals surface area contributed by atoms with Crippen LogP contribution in [0.5, 0.6) is 0 Å². The maximum absolute atomic E-state index is 6.08. The number of aryl methyl sites for hydroxylation is 1. The summed E-state index contributed by atoms with van der Waals surface area (Å²) in [7, 11) is 4.20. The van der Waals surface area contributed by atoms with Gasteiger partial charge in [0.15, 0.2) is 0 Å². The molecule has 2 rings (SSSR count). The second kappa shape index (κ2) is 8.62. The first kappa shape index (κ1) is 18.9. The van der Waals surface area contributed by atoms with E-state index in [-0.39, 0.29) is 0 Å². The number of aliphatic imine (C=N–C) groups is 1. The van der Waals surface area contributed by atoms with Crippen molar-refractivity contribution in [1.82, 2.24) is 14.9 Å². The molecular formula is C20H29N5. The van der Waals surface area contributed by atoms with Crippen LogP contribution in [0.25, 0.3) is 11.0 Å². The van der Waals surface area contributed by atoms with Crippen LogP contribution >= 0.6 is 0 Å². The van der Waals surface area contributed by atoms with Crippen molar-refractivity contribution in [3.8, 4) is 0 Å². The maximum Gasteiger partial charge on any atom is 0.138 e. The number of nitrogens with zero attached hydrogens (tertiary/aromatic N) is 3. The van der Waals surface area contributed by atoms with Gasteiger partial charge in [0, 0.05) is 23.3 Å². The second-order valence-electron chi connectivity index (χ2n) is 6.69. The molecule has 0 aromatic carbocycles. The van der Waals surface area contributed by atoms with Gasteiger partial charge in [-0.3, -0.25) is 0 Å². The number of hydrogen-bond donors (Lipinski definition) is 2. The number of allylic oxidation sites excluding steroid dienone is 3. The summed E-state index contributed by atoms with van der Waals surface area (Å²) in [6.45, 7) is 6.98. The monoisotopic (exact) mass is 339 g/mol. The Labute approximate surface area is 150 Å². The lowest BCUT2D eigenvalue weighted by atomic mass is 10.0. The van der Waals surface area contributed by atoms with Gasteiger partial charge in [-0.2, -0.15) is 0 Å². The number of H-pyrrole nitrogens is 1. The minimum atomic E-state index is 0.556. The fourth-order valence-corrected chi connectivity index (χ4v) is 2.71. The topological polar surface area (TPSA) is 70.3 Å². The molecule has 0 atom stereocenters. The first-order valence-electron chi connectivity index (χ1n) is 8.68. The van der Waals surface area contributed by atoms with Crippen molar-refractivity contribution in [2.24, 2.45) is 10.7 Å². The van der Waals surface area contributed by atoms with Crippen molar-refractivity contribution in [3.05, 3.63) is 53.1 Å². The number of pyridine rings is 1. The first-order chi connectivity index (χ1) is 11.9. The van der Waals surface area contributed by atoms with Crippen molar-refractivity contribution in [1.29, 1.82) is 0 Å². The molecule has 0 spiro atoms. The summed E-state index contributed by atoms with van der Waals surface area (Å²) in [5, 5.41) is 1.14. The van der Waals surface area contributed by atoms with Gasteiger partial charge in [0.2, 0.25) is 0 Å². The zero-order valence-corrected chi connectivity index (χ0v) is 15.9. The van der Waals surface area contributed by atoms with Crippen LogP contribution in [0.15, 0.2) is 47.0 Å². The van der Waals surface area contributed by atoms with Gasteiger partial charge in [-0.25, -0.2) is 9.98 Å². The number of hydrogen-bond acceptors (Lipinski definition) is 4. The summed E-state index contributed by atoms with van der Waals surface area (Å²) in [6.07, 6.45) is 9.92. The molecule has 5 heteroatoms. The number of aromatic amines is 1. The van der Waals surface area contributed by atoms with Gasteiger partial charge < -0.3 is 15.6 Å². The fourth-order valence-electron chi connectivity index (χ4n) is 2.71. The Morgan fingerprint density at radius 1 is 1.36 bits per heavy atom. The first-order valence-corrected chi connectivity index (χ1v) is 8.68. The summed E-state index contributed by atoms with van der Waals surface area (Å²) in [6, 6.07) is 2.10. The van der Waals surface area contributed by atoms with E-state index in [1.807, 2.05) is 45.3 Å². The zero-order chi connectivity index (χ0) is 18.4. The summed E-state index contributed by atoms with van der Waals surface area (Å²) >= 11 is 0. The van der Waals surface area contributed by atoms with Crippen molar-refractivity contribution in [3.63, 3.8) is 0 Å². The van der Waals surface area contributed by atoms with Gasteiger partial charge in [-0.1, -0.05) is 6.08 Å². The van der Waals surface area contributed by atoms with Crippen LogP contribution in [0.3, 0.4) is 0 Å². The van der Waals surface area contributed by atoms with Crippen LogP contribution in [0.1, 0.15) is 38.3 Å². The number of fused-ring (bicyclic) bond motifs is 1. The van der Waals surface area contributed by atoms with E-state index >= 15 is 0 Å². The molecule has 0 aliphatic carbocycles. The quantitative estimate of drug-likeness (QED) is 0.757. The highest BCUT2D eigenvalue weighted by Gasteiger charge is 2.13. The lowest BCUT2D eigenvalue weighted by molar-refractivity contribution is 0.400. The van der Waals surface area contributed by atoms with E-state index in [9.17, 15) is 0 Å². The van der Waals surface area contributed by atoms with Crippen molar-refractivity contribution < 1.29 is 0 Å². The molecular weight excluding hydrogens is 310 g/mol. The third kappa shape index (κ3) is 4.79.